The monoisotopic (exact) mass is 269 g/mol. The van der Waals surface area contributed by atoms with Gasteiger partial charge in [0, 0.05) is 13.1 Å². The summed E-state index contributed by atoms with van der Waals surface area (Å²) in [6, 6.07) is 3.25. The summed E-state index contributed by atoms with van der Waals surface area (Å²) in [4.78, 5) is 14.0. The van der Waals surface area contributed by atoms with Gasteiger partial charge in [-0.25, -0.2) is 0 Å². The van der Waals surface area contributed by atoms with Crippen molar-refractivity contribution in [3.8, 4) is 0 Å². The van der Waals surface area contributed by atoms with Crippen molar-refractivity contribution in [2.45, 2.75) is 33.6 Å². The van der Waals surface area contributed by atoms with E-state index in [1.165, 1.54) is 0 Å². The molecule has 1 aromatic heterocycles. The topological polar surface area (TPSA) is 33.5 Å². The van der Waals surface area contributed by atoms with E-state index >= 15 is 0 Å². The van der Waals surface area contributed by atoms with Crippen molar-refractivity contribution in [3.05, 3.63) is 23.1 Å². The number of nitrogens with zero attached hydrogens (tertiary/aromatic N) is 1. The van der Waals surface area contributed by atoms with Crippen LogP contribution in [0.4, 0.5) is 0 Å². The Kier molecular flexibility index (Phi) is 3.71. The van der Waals surface area contributed by atoms with Crippen LogP contribution in [0, 0.1) is 11.3 Å². The van der Waals surface area contributed by atoms with Crippen LogP contribution in [-0.2, 0) is 0 Å². The predicted octanol–water partition coefficient (Wildman–Crippen LogP) is 3.83. The van der Waals surface area contributed by atoms with Crippen LogP contribution in [0.1, 0.15) is 44.2 Å². The highest BCUT2D eigenvalue weighted by Gasteiger charge is 2.31. The number of likely N-dealkylation sites (tertiary alicyclic amines) is 1. The lowest BCUT2D eigenvalue weighted by Gasteiger charge is -2.38. The van der Waals surface area contributed by atoms with Gasteiger partial charge in [-0.1, -0.05) is 20.8 Å². The summed E-state index contributed by atoms with van der Waals surface area (Å²) < 4.78 is 5.17. The Morgan fingerprint density at radius 1 is 1.33 bits per heavy atom. The number of amides is 1. The lowest BCUT2D eigenvalue weighted by molar-refractivity contribution is 0.0579. The molecule has 4 heteroatoms. The van der Waals surface area contributed by atoms with Crippen LogP contribution in [0.15, 0.2) is 16.5 Å². The molecule has 0 spiro atoms. The lowest BCUT2D eigenvalue weighted by atomic mass is 9.75. The molecule has 100 valence electrons. The van der Waals surface area contributed by atoms with Crippen molar-refractivity contribution in [3.63, 3.8) is 0 Å². The first kappa shape index (κ1) is 13.5. The molecule has 1 aliphatic rings. The zero-order valence-corrected chi connectivity index (χ0v) is 12.0. The highest BCUT2D eigenvalue weighted by molar-refractivity contribution is 6.29. The zero-order valence-electron chi connectivity index (χ0n) is 11.2. The summed E-state index contributed by atoms with van der Waals surface area (Å²) in [5.41, 5.74) is 0.323. The number of piperidine rings is 1. The van der Waals surface area contributed by atoms with Crippen molar-refractivity contribution in [2.24, 2.45) is 11.3 Å². The van der Waals surface area contributed by atoms with Gasteiger partial charge in [-0.3, -0.25) is 4.79 Å². The molecule has 0 unspecified atom stereocenters. The second-order valence-electron chi connectivity index (χ2n) is 6.04. The Bertz CT molecular complexity index is 425. The van der Waals surface area contributed by atoms with Crippen molar-refractivity contribution in [1.82, 2.24) is 4.90 Å². The number of rotatable bonds is 1. The van der Waals surface area contributed by atoms with Gasteiger partial charge < -0.3 is 9.32 Å². The SMILES string of the molecule is CC(C)(C)C1CCN(C(=O)c2ccc(Cl)o2)CC1. The Labute approximate surface area is 113 Å². The second-order valence-corrected chi connectivity index (χ2v) is 6.41. The van der Waals surface area contributed by atoms with E-state index in [1.807, 2.05) is 4.90 Å². The average molecular weight is 270 g/mol. The van der Waals surface area contributed by atoms with Gasteiger partial charge >= 0.3 is 0 Å². The van der Waals surface area contributed by atoms with E-state index in [0.717, 1.165) is 25.9 Å². The third-order valence-corrected chi connectivity index (χ3v) is 3.99. The summed E-state index contributed by atoms with van der Waals surface area (Å²) >= 11 is 5.69. The summed E-state index contributed by atoms with van der Waals surface area (Å²) in [5, 5.41) is 0.267. The van der Waals surface area contributed by atoms with Crippen LogP contribution >= 0.6 is 11.6 Å². The summed E-state index contributed by atoms with van der Waals surface area (Å²) in [6.07, 6.45) is 2.12. The van der Waals surface area contributed by atoms with Crippen LogP contribution in [0.25, 0.3) is 0 Å². The smallest absolute Gasteiger partial charge is 0.289 e. The van der Waals surface area contributed by atoms with E-state index in [9.17, 15) is 4.79 Å². The van der Waals surface area contributed by atoms with E-state index < -0.39 is 0 Å². The van der Waals surface area contributed by atoms with Crippen LogP contribution in [0.2, 0.25) is 5.22 Å². The molecular formula is C14H20ClNO2. The van der Waals surface area contributed by atoms with E-state index in [2.05, 4.69) is 20.8 Å². The Hall–Kier alpha value is -0.960. The minimum atomic E-state index is -0.0470. The molecule has 1 amide bonds. The number of halogens is 1. The van der Waals surface area contributed by atoms with Crippen LogP contribution in [0.5, 0.6) is 0 Å². The van der Waals surface area contributed by atoms with Gasteiger partial charge in [0.15, 0.2) is 11.0 Å². The number of carbonyl (C=O) groups excluding carboxylic acids is 1. The van der Waals surface area contributed by atoms with E-state index in [0.29, 0.717) is 17.1 Å². The first-order valence-corrected chi connectivity index (χ1v) is 6.80. The molecule has 0 bridgehead atoms. The molecular weight excluding hydrogens is 250 g/mol. The fourth-order valence-electron chi connectivity index (χ4n) is 2.53. The largest absolute Gasteiger partial charge is 0.440 e. The molecule has 1 saturated heterocycles. The van der Waals surface area contributed by atoms with Gasteiger partial charge in [-0.15, -0.1) is 0 Å². The van der Waals surface area contributed by atoms with Crippen LogP contribution in [-0.4, -0.2) is 23.9 Å². The fraction of sp³-hybridized carbons (Fsp3) is 0.643. The fourth-order valence-corrected chi connectivity index (χ4v) is 2.68. The van der Waals surface area contributed by atoms with Gasteiger partial charge in [0.25, 0.3) is 5.91 Å². The Morgan fingerprint density at radius 2 is 1.94 bits per heavy atom. The number of hydrogen-bond acceptors (Lipinski definition) is 2. The molecule has 1 aromatic rings. The first-order valence-electron chi connectivity index (χ1n) is 6.42. The van der Waals surface area contributed by atoms with Gasteiger partial charge in [-0.05, 0) is 47.9 Å². The van der Waals surface area contributed by atoms with Gasteiger partial charge in [0.05, 0.1) is 0 Å². The van der Waals surface area contributed by atoms with Crippen molar-refractivity contribution >= 4 is 17.5 Å². The summed E-state index contributed by atoms with van der Waals surface area (Å²) in [5.74, 6) is 0.977. The molecule has 0 aromatic carbocycles. The molecule has 0 saturated carbocycles. The maximum atomic E-state index is 12.1. The molecule has 18 heavy (non-hydrogen) atoms. The molecule has 0 aliphatic carbocycles. The minimum Gasteiger partial charge on any atom is -0.440 e. The van der Waals surface area contributed by atoms with Gasteiger partial charge in [-0.2, -0.15) is 0 Å². The quantitative estimate of drug-likeness (QED) is 0.776. The Balaban J connectivity index is 1.96. The number of carbonyl (C=O) groups is 1. The third kappa shape index (κ3) is 2.89. The second kappa shape index (κ2) is 4.96. The molecule has 3 nitrogen and oxygen atoms in total. The first-order chi connectivity index (χ1) is 8.38. The summed E-state index contributed by atoms with van der Waals surface area (Å²) in [7, 11) is 0. The molecule has 2 rings (SSSR count). The molecule has 1 fully saturated rings. The molecule has 0 N–H and O–H groups in total. The standard InChI is InChI=1S/C14H20ClNO2/c1-14(2,3)10-6-8-16(9-7-10)13(17)11-4-5-12(15)18-11/h4-5,10H,6-9H2,1-3H3. The summed E-state index contributed by atoms with van der Waals surface area (Å²) in [6.45, 7) is 8.41. The van der Waals surface area contributed by atoms with Gasteiger partial charge in [0.2, 0.25) is 0 Å². The van der Waals surface area contributed by atoms with E-state index in [1.54, 1.807) is 12.1 Å². The normalized spacial score (nSPS) is 18.1. The molecule has 2 heterocycles. The predicted molar refractivity (Wildman–Crippen MR) is 71.8 cm³/mol. The average Bonchev–Trinajstić information content (AvgIpc) is 2.74. The zero-order chi connectivity index (χ0) is 13.3. The van der Waals surface area contributed by atoms with Gasteiger partial charge in [0.1, 0.15) is 0 Å². The Morgan fingerprint density at radius 3 is 2.39 bits per heavy atom. The third-order valence-electron chi connectivity index (χ3n) is 3.79. The number of hydrogen-bond donors (Lipinski definition) is 0. The van der Waals surface area contributed by atoms with E-state index in [-0.39, 0.29) is 11.1 Å². The van der Waals surface area contributed by atoms with Crippen LogP contribution < -0.4 is 0 Å². The van der Waals surface area contributed by atoms with Crippen LogP contribution in [0.3, 0.4) is 0 Å². The maximum Gasteiger partial charge on any atom is 0.289 e. The number of furan rings is 1. The van der Waals surface area contributed by atoms with Crippen molar-refractivity contribution in [2.75, 3.05) is 13.1 Å². The van der Waals surface area contributed by atoms with Crippen molar-refractivity contribution in [1.29, 1.82) is 0 Å². The molecule has 0 atom stereocenters. The highest BCUT2D eigenvalue weighted by atomic mass is 35.5. The molecule has 1 aliphatic heterocycles. The molecule has 0 radical (unpaired) electrons. The van der Waals surface area contributed by atoms with E-state index in [4.69, 9.17) is 16.0 Å². The minimum absolute atomic E-state index is 0.0470. The highest BCUT2D eigenvalue weighted by Crippen LogP contribution is 2.34. The maximum absolute atomic E-state index is 12.1. The lowest BCUT2D eigenvalue weighted by Crippen LogP contribution is -2.41. The van der Waals surface area contributed by atoms with Crippen molar-refractivity contribution < 1.29 is 9.21 Å².